The van der Waals surface area contributed by atoms with Crippen molar-refractivity contribution in [2.75, 3.05) is 28.8 Å². The van der Waals surface area contributed by atoms with E-state index in [9.17, 15) is 27.9 Å². The van der Waals surface area contributed by atoms with Gasteiger partial charge in [-0.05, 0) is 47.5 Å². The molecule has 3 rings (SSSR count). The molecule has 1 saturated heterocycles. The third kappa shape index (κ3) is 7.32. The van der Waals surface area contributed by atoms with Gasteiger partial charge >= 0.3 is 22.4 Å². The number of rotatable bonds is 7. The second-order valence-corrected chi connectivity index (χ2v) is 14.0. The number of nitrogens with one attached hydrogen (secondary N) is 1. The Kier molecular flexibility index (Phi) is 9.07. The minimum absolute atomic E-state index is 0.0226. The average Bonchev–Trinajstić information content (AvgIpc) is 3.29. The van der Waals surface area contributed by atoms with Crippen LogP contribution in [0.25, 0.3) is 0 Å². The molecule has 1 fully saturated rings. The lowest BCUT2D eigenvalue weighted by Crippen LogP contribution is -2.50. The molecule has 14 heteroatoms. The molecule has 2 aliphatic heterocycles. The minimum Gasteiger partial charge on any atom is -0.506 e. The summed E-state index contributed by atoms with van der Waals surface area (Å²) in [5, 5.41) is 10.8. The Balaban J connectivity index is 2.09. The zero-order valence-corrected chi connectivity index (χ0v) is 25.7. The number of ether oxygens (including phenoxy) is 2. The maximum Gasteiger partial charge on any atom is 0.415 e. The number of benzene rings is 1. The number of anilines is 2. The molecule has 2 aliphatic rings. The Bertz CT molecular complexity index is 1300. The fourth-order valence-electron chi connectivity index (χ4n) is 4.84. The van der Waals surface area contributed by atoms with Gasteiger partial charge in [-0.2, -0.15) is 8.42 Å². The van der Waals surface area contributed by atoms with Gasteiger partial charge in [0.15, 0.2) is 5.82 Å². The molecule has 3 amide bonds. The highest BCUT2D eigenvalue weighted by molar-refractivity contribution is 7.92. The molecule has 0 unspecified atom stereocenters. The molecular weight excluding hydrogens is 559 g/mol. The van der Waals surface area contributed by atoms with E-state index in [4.69, 9.17) is 9.47 Å². The van der Waals surface area contributed by atoms with Gasteiger partial charge in [-0.3, -0.25) is 9.69 Å². The molecule has 1 aromatic rings. The molecule has 0 saturated carbocycles. The van der Waals surface area contributed by atoms with Crippen molar-refractivity contribution in [3.63, 3.8) is 0 Å². The van der Waals surface area contributed by atoms with Crippen molar-refractivity contribution in [1.82, 2.24) is 9.62 Å². The van der Waals surface area contributed by atoms with Crippen LogP contribution >= 0.6 is 0 Å². The van der Waals surface area contributed by atoms with E-state index in [0.29, 0.717) is 10.8 Å². The normalized spacial score (nSPS) is 18.4. The van der Waals surface area contributed by atoms with Crippen LogP contribution in [-0.4, -0.2) is 73.4 Å². The second-order valence-electron chi connectivity index (χ2n) is 12.4. The van der Waals surface area contributed by atoms with Gasteiger partial charge < -0.3 is 19.5 Å². The SMILES string of the molecule is CCC(CC)CN(C[C@H]1Cc2c(cc(O)c(N3CC(=O)NS3(=O)=O)c2F)N1C(=O)OC(C)(C)C)C(=O)OC(C)(C)C. The predicted octanol–water partition coefficient (Wildman–Crippen LogP) is 4.05. The molecular formula is C27H41FN4O8S. The number of carbonyl (C=O) groups is 3. The van der Waals surface area contributed by atoms with Crippen LogP contribution in [0.15, 0.2) is 6.07 Å². The first-order chi connectivity index (χ1) is 18.8. The quantitative estimate of drug-likeness (QED) is 0.477. The van der Waals surface area contributed by atoms with E-state index in [1.165, 1.54) is 9.80 Å². The monoisotopic (exact) mass is 600 g/mol. The van der Waals surface area contributed by atoms with E-state index in [-0.39, 0.29) is 30.1 Å². The molecule has 2 heterocycles. The molecule has 0 radical (unpaired) electrons. The highest BCUT2D eigenvalue weighted by atomic mass is 32.2. The number of nitrogens with zero attached hydrogens (tertiary/aromatic N) is 3. The smallest absolute Gasteiger partial charge is 0.415 e. The Labute approximate surface area is 240 Å². The Morgan fingerprint density at radius 1 is 1.15 bits per heavy atom. The van der Waals surface area contributed by atoms with Gasteiger partial charge in [0.1, 0.15) is 29.2 Å². The molecule has 1 aromatic carbocycles. The molecule has 12 nitrogen and oxygen atoms in total. The van der Waals surface area contributed by atoms with Crippen LogP contribution in [0.1, 0.15) is 73.8 Å². The van der Waals surface area contributed by atoms with E-state index in [2.05, 4.69) is 0 Å². The third-order valence-electron chi connectivity index (χ3n) is 6.74. The summed E-state index contributed by atoms with van der Waals surface area (Å²) < 4.78 is 54.4. The topological polar surface area (TPSA) is 146 Å². The molecule has 230 valence electrons. The molecule has 0 spiro atoms. The maximum atomic E-state index is 16.1. The summed E-state index contributed by atoms with van der Waals surface area (Å²) in [5.74, 6) is -2.62. The summed E-state index contributed by atoms with van der Waals surface area (Å²) in [6.07, 6.45) is 0.0376. The van der Waals surface area contributed by atoms with Crippen LogP contribution < -0.4 is 13.9 Å². The number of aromatic hydroxyl groups is 1. The maximum absolute atomic E-state index is 16.1. The second kappa shape index (κ2) is 11.5. The lowest BCUT2D eigenvalue weighted by molar-refractivity contribution is -0.117. The van der Waals surface area contributed by atoms with E-state index in [1.54, 1.807) is 46.3 Å². The standard InChI is InChI=1S/C27H41FN4O8S/c1-9-16(10-2)13-30(24(35)39-26(3,4)5)14-17-11-18-19(32(17)25(36)40-27(6,7)8)12-20(33)23(22(18)28)31-15-21(34)29-41(31,37)38/h12,16-17,33H,9-11,13-15H2,1-8H3,(H,29,34)/t17-/m1/s1. The summed E-state index contributed by atoms with van der Waals surface area (Å²) in [6.45, 7) is 13.8. The largest absolute Gasteiger partial charge is 0.506 e. The van der Waals surface area contributed by atoms with Crippen LogP contribution in [0.2, 0.25) is 0 Å². The zero-order chi connectivity index (χ0) is 31.1. The van der Waals surface area contributed by atoms with Crippen molar-refractivity contribution in [2.24, 2.45) is 5.92 Å². The van der Waals surface area contributed by atoms with Gasteiger partial charge in [0, 0.05) is 31.1 Å². The summed E-state index contributed by atoms with van der Waals surface area (Å²) in [7, 11) is -4.43. The van der Waals surface area contributed by atoms with E-state index < -0.39 is 69.3 Å². The van der Waals surface area contributed by atoms with Gasteiger partial charge in [-0.15, -0.1) is 0 Å². The van der Waals surface area contributed by atoms with E-state index >= 15 is 4.39 Å². The van der Waals surface area contributed by atoms with E-state index in [1.807, 2.05) is 13.8 Å². The number of fused-ring (bicyclic) bond motifs is 1. The first kappa shape index (κ1) is 32.2. The third-order valence-corrected chi connectivity index (χ3v) is 8.12. The Hall–Kier alpha value is -3.29. The van der Waals surface area contributed by atoms with Crippen LogP contribution in [-0.2, 0) is 30.9 Å². The van der Waals surface area contributed by atoms with E-state index in [0.717, 1.165) is 18.9 Å². The van der Waals surface area contributed by atoms with Crippen molar-refractivity contribution in [1.29, 1.82) is 0 Å². The molecule has 2 N–H and O–H groups in total. The van der Waals surface area contributed by atoms with Crippen molar-refractivity contribution in [3.8, 4) is 5.75 Å². The lowest BCUT2D eigenvalue weighted by Gasteiger charge is -2.35. The molecule has 41 heavy (non-hydrogen) atoms. The molecule has 0 aliphatic carbocycles. The summed E-state index contributed by atoms with van der Waals surface area (Å²) >= 11 is 0. The molecule has 1 atom stereocenters. The number of hydrogen-bond acceptors (Lipinski definition) is 8. The number of phenolic OH excluding ortho intramolecular Hbond substituents is 1. The van der Waals surface area contributed by atoms with Crippen molar-refractivity contribution in [2.45, 2.75) is 91.9 Å². The highest BCUT2D eigenvalue weighted by Gasteiger charge is 2.44. The lowest BCUT2D eigenvalue weighted by atomic mass is 10.0. The van der Waals surface area contributed by atoms with Crippen LogP contribution in [0.5, 0.6) is 5.75 Å². The van der Waals surface area contributed by atoms with Crippen LogP contribution in [0.3, 0.4) is 0 Å². The number of halogens is 1. The van der Waals surface area contributed by atoms with Crippen LogP contribution in [0.4, 0.5) is 25.4 Å². The number of phenols is 1. The minimum atomic E-state index is -4.43. The molecule has 0 bridgehead atoms. The van der Waals surface area contributed by atoms with Crippen molar-refractivity contribution in [3.05, 3.63) is 17.4 Å². The summed E-state index contributed by atoms with van der Waals surface area (Å²) in [6, 6.07) is 0.245. The number of carbonyl (C=O) groups excluding carboxylic acids is 3. The Morgan fingerprint density at radius 3 is 2.22 bits per heavy atom. The van der Waals surface area contributed by atoms with Gasteiger partial charge in [-0.1, -0.05) is 26.7 Å². The van der Waals surface area contributed by atoms with Gasteiger partial charge in [0.2, 0.25) is 0 Å². The zero-order valence-electron chi connectivity index (χ0n) is 24.9. The highest BCUT2D eigenvalue weighted by Crippen LogP contribution is 2.45. The van der Waals surface area contributed by atoms with Crippen molar-refractivity contribution < 1.29 is 41.8 Å². The summed E-state index contributed by atoms with van der Waals surface area (Å²) in [4.78, 5) is 41.2. The van der Waals surface area contributed by atoms with Crippen LogP contribution in [0, 0.1) is 11.7 Å². The number of hydrogen-bond donors (Lipinski definition) is 2. The predicted molar refractivity (Wildman–Crippen MR) is 151 cm³/mol. The summed E-state index contributed by atoms with van der Waals surface area (Å²) in [5.41, 5.74) is -2.49. The fourth-order valence-corrected chi connectivity index (χ4v) is 6.00. The van der Waals surface area contributed by atoms with Gasteiger partial charge in [-0.25, -0.2) is 23.0 Å². The fraction of sp³-hybridized carbons (Fsp3) is 0.667. The Morgan fingerprint density at radius 2 is 1.73 bits per heavy atom. The van der Waals surface area contributed by atoms with Gasteiger partial charge in [0.05, 0.1) is 11.7 Å². The van der Waals surface area contributed by atoms with Gasteiger partial charge in [0.25, 0.3) is 5.91 Å². The first-order valence-corrected chi connectivity index (χ1v) is 15.1. The molecule has 0 aromatic heterocycles. The first-order valence-electron chi connectivity index (χ1n) is 13.7. The average molecular weight is 601 g/mol. The van der Waals surface area contributed by atoms with Crippen molar-refractivity contribution >= 4 is 39.7 Å². The number of amides is 3.